The van der Waals surface area contributed by atoms with Crippen molar-refractivity contribution >= 4 is 40.4 Å². The van der Waals surface area contributed by atoms with E-state index >= 15 is 0 Å². The zero-order valence-electron chi connectivity index (χ0n) is 23.9. The monoisotopic (exact) mass is 591 g/mol. The predicted octanol–water partition coefficient (Wildman–Crippen LogP) is 6.89. The van der Waals surface area contributed by atoms with Gasteiger partial charge < -0.3 is 14.7 Å². The van der Waals surface area contributed by atoms with Gasteiger partial charge in [0.25, 0.3) is 5.91 Å². The van der Waals surface area contributed by atoms with Gasteiger partial charge in [-0.25, -0.2) is 8.78 Å². The third-order valence-electron chi connectivity index (χ3n) is 9.28. The van der Waals surface area contributed by atoms with Crippen LogP contribution in [0, 0.1) is 45.4 Å². The summed E-state index contributed by atoms with van der Waals surface area (Å²) >= 11 is 8.10. The number of rotatable bonds is 7. The molecule has 1 aromatic heterocycles. The Morgan fingerprint density at radius 2 is 1.68 bits per heavy atom. The zero-order valence-corrected chi connectivity index (χ0v) is 25.5. The van der Waals surface area contributed by atoms with Crippen molar-refractivity contribution in [2.24, 2.45) is 17.8 Å². The molecule has 2 aliphatic heterocycles. The number of carbonyl (C=O) groups excluding carboxylic acids is 2. The molecule has 9 heteroatoms. The number of benzene rings is 1. The highest BCUT2D eigenvalue weighted by Gasteiger charge is 2.42. The van der Waals surface area contributed by atoms with Gasteiger partial charge in [-0.15, -0.1) is 11.3 Å². The van der Waals surface area contributed by atoms with E-state index in [-0.39, 0.29) is 43.4 Å². The Hall–Kier alpha value is -2.03. The molecule has 3 fully saturated rings. The van der Waals surface area contributed by atoms with Gasteiger partial charge in [-0.05, 0) is 88.6 Å². The quantitative estimate of drug-likeness (QED) is 0.352. The van der Waals surface area contributed by atoms with Gasteiger partial charge in [0.1, 0.15) is 0 Å². The summed E-state index contributed by atoms with van der Waals surface area (Å²) in [5, 5.41) is 0.597. The van der Waals surface area contributed by atoms with Crippen LogP contribution in [-0.2, 0) is 4.79 Å². The highest BCUT2D eigenvalue weighted by molar-refractivity contribution is 7.12. The molecule has 5 nitrogen and oxygen atoms in total. The van der Waals surface area contributed by atoms with Crippen LogP contribution >= 0.6 is 22.9 Å². The molecule has 40 heavy (non-hydrogen) atoms. The molecule has 0 spiro atoms. The fourth-order valence-electron chi connectivity index (χ4n) is 6.78. The molecule has 0 bridgehead atoms. The summed E-state index contributed by atoms with van der Waals surface area (Å²) in [7, 11) is 0. The molecule has 2 saturated heterocycles. The van der Waals surface area contributed by atoms with Crippen molar-refractivity contribution in [2.45, 2.75) is 65.7 Å². The Balaban J connectivity index is 1.17. The van der Waals surface area contributed by atoms with E-state index in [1.807, 2.05) is 43.9 Å². The van der Waals surface area contributed by atoms with Crippen LogP contribution < -0.4 is 4.90 Å². The maximum absolute atomic E-state index is 13.8. The molecule has 3 heterocycles. The van der Waals surface area contributed by atoms with Crippen molar-refractivity contribution in [1.29, 1.82) is 0 Å². The van der Waals surface area contributed by atoms with Crippen LogP contribution in [0.1, 0.15) is 63.3 Å². The number of aryl methyl sites for hydroxylation is 3. The maximum atomic E-state index is 13.8. The Kier molecular flexibility index (Phi) is 8.61. The fraction of sp³-hybridized carbons (Fsp3) is 0.613. The second-order valence-corrected chi connectivity index (χ2v) is 13.9. The smallest absolute Gasteiger partial charge is 0.255 e. The summed E-state index contributed by atoms with van der Waals surface area (Å²) in [6.45, 7) is 13.0. The lowest BCUT2D eigenvalue weighted by Gasteiger charge is -2.32. The van der Waals surface area contributed by atoms with Gasteiger partial charge in [0.05, 0.1) is 5.56 Å². The summed E-state index contributed by atoms with van der Waals surface area (Å²) in [5.41, 5.74) is 3.68. The first-order chi connectivity index (χ1) is 18.9. The Labute approximate surface area is 245 Å². The van der Waals surface area contributed by atoms with Gasteiger partial charge in [-0.2, -0.15) is 0 Å². The highest BCUT2D eigenvalue weighted by Crippen LogP contribution is 2.38. The Morgan fingerprint density at radius 3 is 2.25 bits per heavy atom. The van der Waals surface area contributed by atoms with E-state index in [1.165, 1.54) is 4.88 Å². The number of hydrogen-bond donors (Lipinski definition) is 0. The lowest BCUT2D eigenvalue weighted by molar-refractivity contribution is -0.126. The maximum Gasteiger partial charge on any atom is 0.255 e. The van der Waals surface area contributed by atoms with Crippen molar-refractivity contribution < 1.29 is 18.4 Å². The first kappa shape index (κ1) is 29.5. The van der Waals surface area contributed by atoms with E-state index in [9.17, 15) is 18.4 Å². The number of halogens is 3. The third kappa shape index (κ3) is 6.09. The van der Waals surface area contributed by atoms with Gasteiger partial charge in [0.2, 0.25) is 11.8 Å². The van der Waals surface area contributed by atoms with Crippen molar-refractivity contribution in [2.75, 3.05) is 44.2 Å². The van der Waals surface area contributed by atoms with Gasteiger partial charge in [0.15, 0.2) is 0 Å². The number of amides is 2. The number of likely N-dealkylation sites (tertiary alicyclic amines) is 2. The molecule has 1 aromatic carbocycles. The van der Waals surface area contributed by atoms with E-state index in [1.54, 1.807) is 16.2 Å². The van der Waals surface area contributed by atoms with E-state index in [0.717, 1.165) is 66.4 Å². The lowest BCUT2D eigenvalue weighted by atomic mass is 9.85. The number of anilines is 1. The summed E-state index contributed by atoms with van der Waals surface area (Å²) < 4.78 is 27.5. The first-order valence-corrected chi connectivity index (χ1v) is 15.7. The zero-order chi connectivity index (χ0) is 28.8. The molecule has 2 atom stereocenters. The first-order valence-electron chi connectivity index (χ1n) is 14.5. The van der Waals surface area contributed by atoms with Gasteiger partial charge in [-0.1, -0.05) is 17.7 Å². The average molecular weight is 592 g/mol. The minimum Gasteiger partial charge on any atom is -0.338 e. The molecule has 218 valence electrons. The molecule has 5 rings (SSSR count). The van der Waals surface area contributed by atoms with Crippen LogP contribution in [0.5, 0.6) is 0 Å². The molecule has 2 aromatic rings. The number of thiophene rings is 1. The third-order valence-corrected chi connectivity index (χ3v) is 10.8. The Bertz CT molecular complexity index is 1260. The van der Waals surface area contributed by atoms with E-state index < -0.39 is 5.92 Å². The summed E-state index contributed by atoms with van der Waals surface area (Å²) in [4.78, 5) is 35.4. The topological polar surface area (TPSA) is 43.9 Å². The molecular formula is C31H40ClF2N3O2S. The fourth-order valence-corrected chi connectivity index (χ4v) is 8.01. The van der Waals surface area contributed by atoms with Crippen molar-refractivity contribution in [1.82, 2.24) is 9.80 Å². The molecule has 2 unspecified atom stereocenters. The van der Waals surface area contributed by atoms with Crippen LogP contribution in [0.3, 0.4) is 0 Å². The SMILES string of the molecule is Cc1ccc(N(CCCN2CC3CN(C(=O)c4c(C)sc(C)c4C)CC3C2)C(=O)C2CCC(F)(F)CC2)cc1Cl. The number of alkyl halides is 2. The second kappa shape index (κ2) is 11.7. The van der Waals surface area contributed by atoms with Crippen LogP contribution in [0.4, 0.5) is 14.5 Å². The second-order valence-electron chi connectivity index (χ2n) is 12.1. The largest absolute Gasteiger partial charge is 0.338 e. The van der Waals surface area contributed by atoms with Crippen LogP contribution in [0.15, 0.2) is 18.2 Å². The van der Waals surface area contributed by atoms with Crippen molar-refractivity contribution in [3.05, 3.63) is 49.7 Å². The molecule has 1 aliphatic carbocycles. The van der Waals surface area contributed by atoms with E-state index in [4.69, 9.17) is 11.6 Å². The molecule has 3 aliphatic rings. The van der Waals surface area contributed by atoms with Crippen molar-refractivity contribution in [3.8, 4) is 0 Å². The molecular weight excluding hydrogens is 552 g/mol. The van der Waals surface area contributed by atoms with Crippen LogP contribution in [0.2, 0.25) is 5.02 Å². The summed E-state index contributed by atoms with van der Waals surface area (Å²) in [6.07, 6.45) is 0.766. The summed E-state index contributed by atoms with van der Waals surface area (Å²) in [6, 6.07) is 5.62. The minimum absolute atomic E-state index is 0.0721. The Morgan fingerprint density at radius 1 is 1.02 bits per heavy atom. The van der Waals surface area contributed by atoms with Crippen LogP contribution in [-0.4, -0.2) is 66.8 Å². The predicted molar refractivity (Wildman–Crippen MR) is 158 cm³/mol. The van der Waals surface area contributed by atoms with Crippen LogP contribution in [0.25, 0.3) is 0 Å². The van der Waals surface area contributed by atoms with E-state index in [2.05, 4.69) is 11.8 Å². The standard InChI is InChI=1S/C31H40ClF2N3O2S/c1-19-6-7-26(14-27(19)32)37(29(38)23-8-10-31(33,34)11-9-23)13-5-12-35-15-24-17-36(18-25(24)16-35)30(39)28-20(2)21(3)40-22(28)4/h6-7,14,23-25H,5,8-13,15-18H2,1-4H3. The molecule has 0 N–H and O–H groups in total. The number of hydrogen-bond acceptors (Lipinski definition) is 4. The average Bonchev–Trinajstić information content (AvgIpc) is 3.54. The summed E-state index contributed by atoms with van der Waals surface area (Å²) in [5.74, 6) is -2.00. The van der Waals surface area contributed by atoms with Gasteiger partial charge >= 0.3 is 0 Å². The molecule has 2 amide bonds. The van der Waals surface area contributed by atoms with Gasteiger partial charge in [-0.3, -0.25) is 9.59 Å². The molecule has 1 saturated carbocycles. The number of nitrogens with zero attached hydrogens (tertiary/aromatic N) is 3. The highest BCUT2D eigenvalue weighted by atomic mass is 35.5. The normalized spacial score (nSPS) is 23.0. The van der Waals surface area contributed by atoms with Gasteiger partial charge in [0, 0.05) is 71.9 Å². The number of fused-ring (bicyclic) bond motifs is 1. The van der Waals surface area contributed by atoms with E-state index in [0.29, 0.717) is 23.4 Å². The number of carbonyl (C=O) groups is 2. The minimum atomic E-state index is -2.66. The van der Waals surface area contributed by atoms with Crippen molar-refractivity contribution in [3.63, 3.8) is 0 Å². The molecule has 0 radical (unpaired) electrons. The lowest BCUT2D eigenvalue weighted by Crippen LogP contribution is -2.41.